The van der Waals surface area contributed by atoms with E-state index in [0.717, 1.165) is 24.2 Å². The molecule has 1 saturated heterocycles. The maximum Gasteiger partial charge on any atom is 0.211 e. The first-order valence-electron chi connectivity index (χ1n) is 10.2. The zero-order chi connectivity index (χ0) is 22.5. The third kappa shape index (κ3) is 3.74. The van der Waals surface area contributed by atoms with Crippen molar-refractivity contribution in [2.75, 3.05) is 38.1 Å². The molecule has 3 aromatic rings. The molecule has 0 radical (unpaired) electrons. The molecule has 1 aromatic heterocycles. The van der Waals surface area contributed by atoms with E-state index in [2.05, 4.69) is 4.90 Å². The number of hydrogen-bond acceptors (Lipinski definition) is 5. The molecule has 31 heavy (non-hydrogen) atoms. The molecule has 8 heteroatoms. The topological polar surface area (TPSA) is 62.6 Å². The number of piperazine rings is 1. The van der Waals surface area contributed by atoms with Crippen molar-refractivity contribution in [3.8, 4) is 0 Å². The summed E-state index contributed by atoms with van der Waals surface area (Å²) in [6.45, 7) is 6.73. The Hall–Kier alpha value is -2.71. The molecule has 2 aromatic carbocycles. The number of aromatic nitrogens is 1. The molecule has 1 fully saturated rings. The summed E-state index contributed by atoms with van der Waals surface area (Å²) in [6, 6.07) is 7.59. The van der Waals surface area contributed by atoms with Gasteiger partial charge in [0, 0.05) is 39.4 Å². The Morgan fingerprint density at radius 2 is 1.61 bits per heavy atom. The molecule has 0 saturated carbocycles. The summed E-state index contributed by atoms with van der Waals surface area (Å²) < 4.78 is 43.0. The molecule has 0 bridgehead atoms. The molecular formula is C23H26FN3O3S. The third-order valence-electron chi connectivity index (χ3n) is 6.15. The fraction of sp³-hybridized carbons (Fsp3) is 0.348. The minimum absolute atomic E-state index is 0.0570. The lowest BCUT2D eigenvalue weighted by atomic mass is 10.1. The van der Waals surface area contributed by atoms with Gasteiger partial charge in [-0.1, -0.05) is 6.07 Å². The van der Waals surface area contributed by atoms with Gasteiger partial charge in [0.2, 0.25) is 15.3 Å². The molecule has 0 spiro atoms. The number of benzene rings is 2. The van der Waals surface area contributed by atoms with Crippen LogP contribution in [0.2, 0.25) is 0 Å². The summed E-state index contributed by atoms with van der Waals surface area (Å²) >= 11 is 0. The van der Waals surface area contributed by atoms with Crippen molar-refractivity contribution in [2.24, 2.45) is 7.05 Å². The van der Waals surface area contributed by atoms with Gasteiger partial charge in [-0.25, -0.2) is 12.8 Å². The Morgan fingerprint density at radius 3 is 2.26 bits per heavy atom. The quantitative estimate of drug-likeness (QED) is 0.623. The standard InChI is InChI=1S/C23H26FN3O3S/c1-15-5-6-17(11-16(15)2)31(29,30)22-14-26(4)20-13-21(19(24)12-18(20)23(22)28)27-9-7-25(3)8-10-27/h5-6,11-14H,7-10H2,1-4H3. The highest BCUT2D eigenvalue weighted by Crippen LogP contribution is 2.28. The number of pyridine rings is 1. The van der Waals surface area contributed by atoms with Crippen LogP contribution in [0.25, 0.3) is 10.9 Å². The van der Waals surface area contributed by atoms with Crippen molar-refractivity contribution in [1.29, 1.82) is 0 Å². The number of halogens is 1. The molecule has 0 unspecified atom stereocenters. The van der Waals surface area contributed by atoms with Crippen LogP contribution in [0.1, 0.15) is 11.1 Å². The van der Waals surface area contributed by atoms with Crippen molar-refractivity contribution in [3.05, 3.63) is 63.7 Å². The second-order valence-corrected chi connectivity index (χ2v) is 10.2. The summed E-state index contributed by atoms with van der Waals surface area (Å²) in [5.41, 5.74) is 2.03. The van der Waals surface area contributed by atoms with Gasteiger partial charge in [0.15, 0.2) is 0 Å². The summed E-state index contributed by atoms with van der Waals surface area (Å²) in [6.07, 6.45) is 1.33. The van der Waals surface area contributed by atoms with Gasteiger partial charge < -0.3 is 14.4 Å². The van der Waals surface area contributed by atoms with Crippen molar-refractivity contribution in [2.45, 2.75) is 23.6 Å². The molecule has 0 N–H and O–H groups in total. The smallest absolute Gasteiger partial charge is 0.211 e. The summed E-state index contributed by atoms with van der Waals surface area (Å²) in [5.74, 6) is -0.519. The third-order valence-corrected chi connectivity index (χ3v) is 7.89. The number of hydrogen-bond donors (Lipinski definition) is 0. The lowest BCUT2D eigenvalue weighted by molar-refractivity contribution is 0.312. The number of fused-ring (bicyclic) bond motifs is 1. The monoisotopic (exact) mass is 443 g/mol. The van der Waals surface area contributed by atoms with Gasteiger partial charge in [-0.15, -0.1) is 0 Å². The van der Waals surface area contributed by atoms with Gasteiger partial charge in [-0.05, 0) is 56.3 Å². The lowest BCUT2D eigenvalue weighted by Crippen LogP contribution is -2.44. The molecule has 0 atom stereocenters. The number of rotatable bonds is 3. The SMILES string of the molecule is Cc1ccc(S(=O)(=O)c2cn(C)c3cc(N4CCN(C)CC4)c(F)cc3c2=O)cc1C. The van der Waals surface area contributed by atoms with E-state index in [-0.39, 0.29) is 15.2 Å². The van der Waals surface area contributed by atoms with Gasteiger partial charge in [0.25, 0.3) is 0 Å². The van der Waals surface area contributed by atoms with Crippen LogP contribution < -0.4 is 10.3 Å². The summed E-state index contributed by atoms with van der Waals surface area (Å²) in [4.78, 5) is 17.0. The Kier molecular flexibility index (Phi) is 5.39. The van der Waals surface area contributed by atoms with Gasteiger partial charge >= 0.3 is 0 Å². The zero-order valence-electron chi connectivity index (χ0n) is 18.1. The van der Waals surface area contributed by atoms with Crippen LogP contribution in [0.5, 0.6) is 0 Å². The average Bonchev–Trinajstić information content (AvgIpc) is 2.73. The summed E-state index contributed by atoms with van der Waals surface area (Å²) in [7, 11) is -0.348. The Morgan fingerprint density at radius 1 is 0.935 bits per heavy atom. The maximum atomic E-state index is 15.0. The number of anilines is 1. The molecule has 0 amide bonds. The van der Waals surface area contributed by atoms with Crippen LogP contribution in [0.4, 0.5) is 10.1 Å². The van der Waals surface area contributed by atoms with E-state index in [9.17, 15) is 13.2 Å². The first kappa shape index (κ1) is 21.5. The maximum absolute atomic E-state index is 15.0. The van der Waals surface area contributed by atoms with Crippen LogP contribution in [-0.4, -0.2) is 51.1 Å². The van der Waals surface area contributed by atoms with Gasteiger partial charge in [0.05, 0.1) is 21.5 Å². The van der Waals surface area contributed by atoms with Crippen LogP contribution >= 0.6 is 0 Å². The van der Waals surface area contributed by atoms with Crippen molar-refractivity contribution in [1.82, 2.24) is 9.47 Å². The first-order valence-corrected chi connectivity index (χ1v) is 11.7. The van der Waals surface area contributed by atoms with E-state index >= 15 is 4.39 Å². The fourth-order valence-corrected chi connectivity index (χ4v) is 5.43. The Bertz CT molecular complexity index is 1340. The van der Waals surface area contributed by atoms with E-state index in [4.69, 9.17) is 0 Å². The highest BCUT2D eigenvalue weighted by Gasteiger charge is 2.25. The average molecular weight is 444 g/mol. The summed E-state index contributed by atoms with van der Waals surface area (Å²) in [5, 5.41) is 0.0581. The minimum atomic E-state index is -4.04. The van der Waals surface area contributed by atoms with Crippen molar-refractivity contribution >= 4 is 26.4 Å². The number of aryl methyl sites for hydroxylation is 3. The fourth-order valence-electron chi connectivity index (χ4n) is 3.95. The van der Waals surface area contributed by atoms with Crippen LogP contribution in [-0.2, 0) is 16.9 Å². The number of nitrogens with zero attached hydrogens (tertiary/aromatic N) is 3. The van der Waals surface area contributed by atoms with Gasteiger partial charge in [0.1, 0.15) is 10.7 Å². The lowest BCUT2D eigenvalue weighted by Gasteiger charge is -2.34. The van der Waals surface area contributed by atoms with Gasteiger partial charge in [-0.3, -0.25) is 4.79 Å². The predicted molar refractivity (Wildman–Crippen MR) is 120 cm³/mol. The Balaban J connectivity index is 1.86. The molecule has 1 aliphatic rings. The predicted octanol–water partition coefficient (Wildman–Crippen LogP) is 2.88. The first-order chi connectivity index (χ1) is 14.6. The van der Waals surface area contributed by atoms with E-state index in [0.29, 0.717) is 24.3 Å². The van der Waals surface area contributed by atoms with Crippen molar-refractivity contribution < 1.29 is 12.8 Å². The highest BCUT2D eigenvalue weighted by molar-refractivity contribution is 7.91. The van der Waals surface area contributed by atoms with Crippen LogP contribution in [0.15, 0.2) is 51.1 Å². The highest BCUT2D eigenvalue weighted by atomic mass is 32.2. The van der Waals surface area contributed by atoms with Crippen LogP contribution in [0.3, 0.4) is 0 Å². The molecule has 6 nitrogen and oxygen atoms in total. The molecule has 4 rings (SSSR count). The van der Waals surface area contributed by atoms with Crippen LogP contribution in [0, 0.1) is 19.7 Å². The minimum Gasteiger partial charge on any atom is -0.367 e. The normalized spacial score (nSPS) is 15.6. The largest absolute Gasteiger partial charge is 0.367 e. The Labute approximate surface area is 181 Å². The van der Waals surface area contributed by atoms with E-state index < -0.39 is 21.1 Å². The molecule has 164 valence electrons. The second kappa shape index (κ2) is 7.76. The van der Waals surface area contributed by atoms with E-state index in [1.165, 1.54) is 18.3 Å². The zero-order valence-corrected chi connectivity index (χ0v) is 19.0. The van der Waals surface area contributed by atoms with E-state index in [1.807, 2.05) is 25.8 Å². The number of sulfone groups is 1. The molecule has 1 aliphatic heterocycles. The van der Waals surface area contributed by atoms with Crippen molar-refractivity contribution in [3.63, 3.8) is 0 Å². The molecule has 0 aliphatic carbocycles. The van der Waals surface area contributed by atoms with E-state index in [1.54, 1.807) is 29.8 Å². The van der Waals surface area contributed by atoms with Gasteiger partial charge in [-0.2, -0.15) is 0 Å². The number of likely N-dealkylation sites (N-methyl/N-ethyl adjacent to an activating group) is 1. The molecule has 2 heterocycles. The second-order valence-electron chi connectivity index (χ2n) is 8.29. The molecular weight excluding hydrogens is 417 g/mol.